The molecule has 8 aromatic carbocycles. The molecule has 3 heteroatoms. The molecule has 2 aromatic heterocycles. The highest BCUT2D eigenvalue weighted by Crippen LogP contribution is 2.47. The van der Waals surface area contributed by atoms with E-state index in [2.05, 4.69) is 183 Å². The Morgan fingerprint density at radius 1 is 0.453 bits per heavy atom. The summed E-state index contributed by atoms with van der Waals surface area (Å²) in [5.74, 6) is 0. The van der Waals surface area contributed by atoms with Gasteiger partial charge in [0.25, 0.3) is 0 Å². The Kier molecular flexibility index (Phi) is 7.28. The van der Waals surface area contributed by atoms with Gasteiger partial charge in [-0.05, 0) is 74.8 Å². The molecule has 0 aliphatic carbocycles. The van der Waals surface area contributed by atoms with Crippen LogP contribution in [0.3, 0.4) is 0 Å². The molecular weight excluding hydrogens is 663 g/mol. The minimum atomic E-state index is 0.0379. The van der Waals surface area contributed by atoms with Gasteiger partial charge in [0, 0.05) is 43.2 Å². The van der Waals surface area contributed by atoms with E-state index in [4.69, 9.17) is 4.42 Å². The highest BCUT2D eigenvalue weighted by Gasteiger charge is 2.23. The zero-order valence-electron chi connectivity index (χ0n) is 29.9. The Morgan fingerprint density at radius 2 is 1.00 bits per heavy atom. The van der Waals surface area contributed by atoms with Gasteiger partial charge in [-0.15, -0.1) is 11.3 Å². The minimum Gasteiger partial charge on any atom is -0.455 e. The van der Waals surface area contributed by atoms with Crippen molar-refractivity contribution in [1.29, 1.82) is 0 Å². The van der Waals surface area contributed by atoms with Crippen LogP contribution in [0.15, 0.2) is 174 Å². The molecule has 0 fully saturated rings. The number of hydrogen-bond acceptors (Lipinski definition) is 3. The van der Waals surface area contributed by atoms with Crippen molar-refractivity contribution in [1.82, 2.24) is 0 Å². The van der Waals surface area contributed by atoms with Gasteiger partial charge in [-0.2, -0.15) is 0 Å². The third-order valence-electron chi connectivity index (χ3n) is 10.6. The Bertz CT molecular complexity index is 2970. The quantitative estimate of drug-likeness (QED) is 0.178. The van der Waals surface area contributed by atoms with Crippen molar-refractivity contribution in [2.45, 2.75) is 26.2 Å². The van der Waals surface area contributed by atoms with E-state index in [0.717, 1.165) is 44.4 Å². The molecule has 10 rings (SSSR count). The second kappa shape index (κ2) is 12.2. The number of anilines is 3. The average molecular weight is 700 g/mol. The molecule has 2 nitrogen and oxygen atoms in total. The Hall–Kier alpha value is -6.16. The first-order valence-electron chi connectivity index (χ1n) is 18.3. The lowest BCUT2D eigenvalue weighted by molar-refractivity contribution is 0.597. The van der Waals surface area contributed by atoms with Crippen molar-refractivity contribution in [3.8, 4) is 22.3 Å². The van der Waals surface area contributed by atoms with Crippen molar-refractivity contribution in [2.24, 2.45) is 0 Å². The van der Waals surface area contributed by atoms with Gasteiger partial charge in [0.05, 0.1) is 10.4 Å². The maximum atomic E-state index is 6.43. The highest BCUT2D eigenvalue weighted by molar-refractivity contribution is 7.26. The molecule has 0 amide bonds. The van der Waals surface area contributed by atoms with E-state index < -0.39 is 0 Å². The molecule has 0 aliphatic heterocycles. The van der Waals surface area contributed by atoms with Crippen molar-refractivity contribution < 1.29 is 4.42 Å². The second-order valence-electron chi connectivity index (χ2n) is 14.9. The van der Waals surface area contributed by atoms with Crippen LogP contribution in [0.5, 0.6) is 0 Å². The van der Waals surface area contributed by atoms with Crippen LogP contribution in [0, 0.1) is 0 Å². The van der Waals surface area contributed by atoms with Crippen molar-refractivity contribution >= 4 is 81.3 Å². The lowest BCUT2D eigenvalue weighted by Crippen LogP contribution is -2.10. The average Bonchev–Trinajstić information content (AvgIpc) is 3.77. The molecule has 10 aromatic rings. The zero-order valence-corrected chi connectivity index (χ0v) is 30.7. The maximum Gasteiger partial charge on any atom is 0.143 e. The minimum absolute atomic E-state index is 0.0379. The largest absolute Gasteiger partial charge is 0.455 e. The van der Waals surface area contributed by atoms with Crippen LogP contribution >= 0.6 is 11.3 Å². The Labute approximate surface area is 313 Å². The molecule has 254 valence electrons. The number of furan rings is 1. The Balaban J connectivity index is 1.14. The fraction of sp³-hybridized carbons (Fsp3) is 0.0800. The first-order valence-corrected chi connectivity index (χ1v) is 19.1. The molecule has 0 spiro atoms. The van der Waals surface area contributed by atoms with Crippen LogP contribution in [-0.2, 0) is 5.41 Å². The standard InChI is InChI=1S/C50H37NOS/c1-50(2,3)44-21-10-19-42-43-20-11-22-45(49(43)53-48(42)44)51(35-28-24-33(25-29-35)38-16-8-13-32-12-4-5-14-37(32)38)36-30-26-34(27-31-36)39-17-9-18-41-40-15-6-7-23-46(40)52-47(39)41/h4-31H,1-3H3. The summed E-state index contributed by atoms with van der Waals surface area (Å²) < 4.78 is 9.08. The fourth-order valence-corrected chi connectivity index (χ4v) is 9.56. The molecule has 53 heavy (non-hydrogen) atoms. The van der Waals surface area contributed by atoms with Crippen LogP contribution < -0.4 is 4.90 Å². The SMILES string of the molecule is CC(C)(C)c1cccc2c1sc1c(N(c3ccc(-c4cccc5ccccc45)cc3)c3ccc(-c4cccc5c4oc4ccccc45)cc3)cccc12. The molecule has 0 radical (unpaired) electrons. The number of hydrogen-bond donors (Lipinski definition) is 0. The van der Waals surface area contributed by atoms with E-state index in [-0.39, 0.29) is 5.41 Å². The summed E-state index contributed by atoms with van der Waals surface area (Å²) in [6.45, 7) is 6.93. The summed E-state index contributed by atoms with van der Waals surface area (Å²) in [5.41, 5.74) is 11.3. The third kappa shape index (κ3) is 5.23. The monoisotopic (exact) mass is 699 g/mol. The van der Waals surface area contributed by atoms with E-state index in [0.29, 0.717) is 0 Å². The molecule has 0 saturated heterocycles. The van der Waals surface area contributed by atoms with Gasteiger partial charge >= 0.3 is 0 Å². The smallest absolute Gasteiger partial charge is 0.143 e. The normalized spacial score (nSPS) is 12.1. The van der Waals surface area contributed by atoms with Gasteiger partial charge in [0.15, 0.2) is 0 Å². The van der Waals surface area contributed by atoms with E-state index in [1.165, 1.54) is 53.3 Å². The topological polar surface area (TPSA) is 16.4 Å². The summed E-state index contributed by atoms with van der Waals surface area (Å²) >= 11 is 1.91. The predicted molar refractivity (Wildman–Crippen MR) is 228 cm³/mol. The van der Waals surface area contributed by atoms with Crippen LogP contribution in [0.4, 0.5) is 17.1 Å². The van der Waals surface area contributed by atoms with Gasteiger partial charge < -0.3 is 9.32 Å². The van der Waals surface area contributed by atoms with Crippen molar-refractivity contribution in [3.63, 3.8) is 0 Å². The van der Waals surface area contributed by atoms with Gasteiger partial charge in [0.2, 0.25) is 0 Å². The molecule has 2 heterocycles. The van der Waals surface area contributed by atoms with Crippen LogP contribution in [0.2, 0.25) is 0 Å². The highest BCUT2D eigenvalue weighted by atomic mass is 32.1. The van der Waals surface area contributed by atoms with Gasteiger partial charge in [-0.25, -0.2) is 0 Å². The number of rotatable bonds is 5. The second-order valence-corrected chi connectivity index (χ2v) is 15.9. The Morgan fingerprint density at radius 3 is 1.75 bits per heavy atom. The van der Waals surface area contributed by atoms with Gasteiger partial charge in [-0.3, -0.25) is 0 Å². The van der Waals surface area contributed by atoms with E-state index in [1.807, 2.05) is 23.5 Å². The number of nitrogens with zero attached hydrogens (tertiary/aromatic N) is 1. The van der Waals surface area contributed by atoms with Crippen LogP contribution in [0.25, 0.3) is 75.1 Å². The van der Waals surface area contributed by atoms with Crippen LogP contribution in [0.1, 0.15) is 26.3 Å². The van der Waals surface area contributed by atoms with E-state index >= 15 is 0 Å². The molecule has 0 atom stereocenters. The molecule has 0 aliphatic rings. The summed E-state index contributed by atoms with van der Waals surface area (Å²) in [6.07, 6.45) is 0. The maximum absolute atomic E-state index is 6.43. The van der Waals surface area contributed by atoms with Crippen molar-refractivity contribution in [2.75, 3.05) is 4.90 Å². The molecule has 0 N–H and O–H groups in total. The third-order valence-corrected chi connectivity index (χ3v) is 11.9. The molecule has 0 saturated carbocycles. The molecule has 0 unspecified atom stereocenters. The van der Waals surface area contributed by atoms with Gasteiger partial charge in [0.1, 0.15) is 11.2 Å². The van der Waals surface area contributed by atoms with E-state index in [1.54, 1.807) is 0 Å². The lowest BCUT2D eigenvalue weighted by atomic mass is 9.86. The summed E-state index contributed by atoms with van der Waals surface area (Å²) in [5, 5.41) is 7.41. The van der Waals surface area contributed by atoms with Crippen molar-refractivity contribution in [3.05, 3.63) is 175 Å². The molecule has 0 bridgehead atoms. The fourth-order valence-electron chi connectivity index (χ4n) is 8.03. The van der Waals surface area contributed by atoms with E-state index in [9.17, 15) is 0 Å². The van der Waals surface area contributed by atoms with Gasteiger partial charge in [-0.1, -0.05) is 154 Å². The summed E-state index contributed by atoms with van der Waals surface area (Å²) in [4.78, 5) is 2.42. The number of para-hydroxylation sites is 2. The first-order chi connectivity index (χ1) is 25.9. The molecular formula is C50H37NOS. The predicted octanol–water partition coefficient (Wildman–Crippen LogP) is 15.2. The lowest BCUT2D eigenvalue weighted by Gasteiger charge is -2.26. The summed E-state index contributed by atoms with van der Waals surface area (Å²) in [7, 11) is 0. The first kappa shape index (κ1) is 31.6. The zero-order chi connectivity index (χ0) is 35.7. The number of thiophene rings is 1. The van der Waals surface area contributed by atoms with Crippen LogP contribution in [-0.4, -0.2) is 0 Å². The summed E-state index contributed by atoms with van der Waals surface area (Å²) in [6, 6.07) is 61.5. The number of fused-ring (bicyclic) bond motifs is 7. The number of benzene rings is 8.